The lowest BCUT2D eigenvalue weighted by Gasteiger charge is -2.18. The van der Waals surface area contributed by atoms with Gasteiger partial charge in [0.1, 0.15) is 15.8 Å². The van der Waals surface area contributed by atoms with Crippen molar-refractivity contribution in [3.8, 4) is 0 Å². The highest BCUT2D eigenvalue weighted by molar-refractivity contribution is 8.26. The van der Waals surface area contributed by atoms with Gasteiger partial charge in [0.2, 0.25) is 0 Å². The first-order chi connectivity index (χ1) is 16.6. The van der Waals surface area contributed by atoms with Crippen LogP contribution in [0.4, 0.5) is 5.82 Å². The van der Waals surface area contributed by atoms with Crippen LogP contribution in [0.15, 0.2) is 52.8 Å². The Labute approximate surface area is 205 Å². The van der Waals surface area contributed by atoms with Crippen molar-refractivity contribution < 1.29 is 9.53 Å². The Morgan fingerprint density at radius 3 is 3.00 bits per heavy atom. The lowest BCUT2D eigenvalue weighted by atomic mass is 10.2. The second-order valence-corrected chi connectivity index (χ2v) is 9.79. The topological polar surface area (TPSA) is 93.8 Å². The van der Waals surface area contributed by atoms with E-state index in [0.29, 0.717) is 46.0 Å². The summed E-state index contributed by atoms with van der Waals surface area (Å²) in [5.74, 6) is 0.250. The van der Waals surface area contributed by atoms with E-state index < -0.39 is 0 Å². The van der Waals surface area contributed by atoms with E-state index in [0.717, 1.165) is 25.8 Å². The molecule has 0 unspecified atom stereocenters. The van der Waals surface area contributed by atoms with E-state index in [-0.39, 0.29) is 17.6 Å². The van der Waals surface area contributed by atoms with Gasteiger partial charge in [0.05, 0.1) is 29.4 Å². The normalized spacial score (nSPS) is 19.6. The number of hydrogen-bond donors (Lipinski definition) is 1. The van der Waals surface area contributed by atoms with Crippen molar-refractivity contribution >= 4 is 51.7 Å². The Hall–Kier alpha value is -3.02. The first-order valence-electron chi connectivity index (χ1n) is 11.2. The number of fused-ring (bicyclic) bond motifs is 1. The Morgan fingerprint density at radius 2 is 2.21 bits per heavy atom. The van der Waals surface area contributed by atoms with Crippen LogP contribution in [0, 0.1) is 0 Å². The highest BCUT2D eigenvalue weighted by Gasteiger charge is 2.35. The van der Waals surface area contributed by atoms with E-state index in [2.05, 4.69) is 15.3 Å². The SMILES string of the molecule is O=C1/C(=C/c2c(NCCCn3ccnc3)nc3ccccn3c2=O)SC(=S)N1C[C@H]1CCCO1. The Balaban J connectivity index is 1.41. The molecule has 2 aliphatic heterocycles. The largest absolute Gasteiger partial charge is 0.376 e. The summed E-state index contributed by atoms with van der Waals surface area (Å²) in [6.07, 6.45) is 11.4. The quantitative estimate of drug-likeness (QED) is 0.289. The summed E-state index contributed by atoms with van der Waals surface area (Å²) in [4.78, 5) is 37.2. The fourth-order valence-electron chi connectivity index (χ4n) is 4.04. The van der Waals surface area contributed by atoms with Gasteiger partial charge in [-0.1, -0.05) is 30.0 Å². The second kappa shape index (κ2) is 10.1. The van der Waals surface area contributed by atoms with Gasteiger partial charge in [-0.2, -0.15) is 0 Å². The number of rotatable bonds is 8. The van der Waals surface area contributed by atoms with Crippen LogP contribution < -0.4 is 10.9 Å². The first-order valence-corrected chi connectivity index (χ1v) is 12.4. The molecular formula is C23H24N6O3S2. The summed E-state index contributed by atoms with van der Waals surface area (Å²) in [6, 6.07) is 5.39. The van der Waals surface area contributed by atoms with Crippen molar-refractivity contribution in [1.29, 1.82) is 0 Å². The Morgan fingerprint density at radius 1 is 1.29 bits per heavy atom. The molecule has 1 atom stereocenters. The zero-order chi connectivity index (χ0) is 23.5. The van der Waals surface area contributed by atoms with Crippen LogP contribution in [-0.2, 0) is 16.1 Å². The minimum atomic E-state index is -0.243. The number of ether oxygens (including phenoxy) is 1. The van der Waals surface area contributed by atoms with Gasteiger partial charge in [-0.25, -0.2) is 9.97 Å². The third kappa shape index (κ3) is 4.77. The Kier molecular flexibility index (Phi) is 6.75. The number of nitrogens with zero attached hydrogens (tertiary/aromatic N) is 5. The number of imidazole rings is 1. The van der Waals surface area contributed by atoms with Crippen LogP contribution in [0.2, 0.25) is 0 Å². The Bertz CT molecular complexity index is 1300. The van der Waals surface area contributed by atoms with Crippen molar-refractivity contribution in [2.24, 2.45) is 0 Å². The molecule has 5 heterocycles. The molecule has 0 spiro atoms. The number of hydrogen-bond acceptors (Lipinski definition) is 8. The van der Waals surface area contributed by atoms with Gasteiger partial charge in [-0.05, 0) is 37.5 Å². The zero-order valence-electron chi connectivity index (χ0n) is 18.4. The minimum absolute atomic E-state index is 0.00235. The van der Waals surface area contributed by atoms with Crippen LogP contribution in [0.1, 0.15) is 24.8 Å². The zero-order valence-corrected chi connectivity index (χ0v) is 20.1. The number of pyridine rings is 1. The molecule has 2 aliphatic rings. The summed E-state index contributed by atoms with van der Waals surface area (Å²) in [5.41, 5.74) is 0.628. The maximum absolute atomic E-state index is 13.3. The number of aromatic nitrogens is 4. The second-order valence-electron chi connectivity index (χ2n) is 8.12. The fourth-order valence-corrected chi connectivity index (χ4v) is 5.29. The van der Waals surface area contributed by atoms with E-state index in [1.165, 1.54) is 16.2 Å². The van der Waals surface area contributed by atoms with Crippen LogP contribution in [0.3, 0.4) is 0 Å². The number of carbonyl (C=O) groups excluding carboxylic acids is 1. The first kappa shape index (κ1) is 22.8. The maximum atomic E-state index is 13.3. The highest BCUT2D eigenvalue weighted by atomic mass is 32.2. The molecule has 2 fully saturated rings. The molecule has 11 heteroatoms. The van der Waals surface area contributed by atoms with E-state index in [1.807, 2.05) is 16.8 Å². The van der Waals surface area contributed by atoms with Crippen molar-refractivity contribution in [3.05, 3.63) is 63.9 Å². The average Bonchev–Trinajstić information content (AvgIpc) is 3.59. The number of amides is 1. The predicted octanol–water partition coefficient (Wildman–Crippen LogP) is 2.77. The molecule has 3 aromatic heterocycles. The van der Waals surface area contributed by atoms with Crippen molar-refractivity contribution in [3.63, 3.8) is 0 Å². The number of thiocarbonyl (C=S) groups is 1. The minimum Gasteiger partial charge on any atom is -0.376 e. The molecule has 0 bridgehead atoms. The van der Waals surface area contributed by atoms with E-state index in [9.17, 15) is 9.59 Å². The van der Waals surface area contributed by atoms with Gasteiger partial charge >= 0.3 is 0 Å². The molecule has 176 valence electrons. The predicted molar refractivity (Wildman–Crippen MR) is 136 cm³/mol. The third-order valence-electron chi connectivity index (χ3n) is 5.77. The van der Waals surface area contributed by atoms with Crippen molar-refractivity contribution in [1.82, 2.24) is 23.8 Å². The monoisotopic (exact) mass is 496 g/mol. The molecule has 5 rings (SSSR count). The number of carbonyl (C=O) groups is 1. The molecule has 34 heavy (non-hydrogen) atoms. The molecule has 2 saturated heterocycles. The van der Waals surface area contributed by atoms with Crippen molar-refractivity contribution in [2.45, 2.75) is 31.9 Å². The van der Waals surface area contributed by atoms with Crippen LogP contribution in [0.5, 0.6) is 0 Å². The number of anilines is 1. The smallest absolute Gasteiger partial charge is 0.267 e. The molecule has 1 N–H and O–H groups in total. The van der Waals surface area contributed by atoms with Gasteiger partial charge in [-0.3, -0.25) is 18.9 Å². The summed E-state index contributed by atoms with van der Waals surface area (Å²) < 4.78 is 9.63. The van der Waals surface area contributed by atoms with Gasteiger partial charge in [0, 0.05) is 38.3 Å². The maximum Gasteiger partial charge on any atom is 0.267 e. The van der Waals surface area contributed by atoms with E-state index in [4.69, 9.17) is 17.0 Å². The fraction of sp³-hybridized carbons (Fsp3) is 0.348. The molecule has 0 aliphatic carbocycles. The molecule has 9 nitrogen and oxygen atoms in total. The highest BCUT2D eigenvalue weighted by Crippen LogP contribution is 2.34. The standard InChI is InChI=1S/C23H24N6O3S2/c30-21-17(13-18-22(31)29(23(33)34-18)14-16-5-3-12-32-16)20(26-19-6-1-2-10-28(19)21)25-7-4-9-27-11-8-24-15-27/h1-2,6,8,10-11,13,15-16,25H,3-5,7,9,12,14H2/b18-13-/t16-/m1/s1. The molecule has 0 radical (unpaired) electrons. The number of thioether (sulfide) groups is 1. The third-order valence-corrected chi connectivity index (χ3v) is 7.15. The van der Waals surface area contributed by atoms with Gasteiger partial charge in [-0.15, -0.1) is 0 Å². The van der Waals surface area contributed by atoms with Crippen LogP contribution in [0.25, 0.3) is 11.7 Å². The van der Waals surface area contributed by atoms with E-state index >= 15 is 0 Å². The molecule has 0 saturated carbocycles. The molecule has 1 amide bonds. The van der Waals surface area contributed by atoms with Crippen molar-refractivity contribution in [2.75, 3.05) is 25.0 Å². The number of aryl methyl sites for hydroxylation is 1. The summed E-state index contributed by atoms with van der Waals surface area (Å²) in [7, 11) is 0. The van der Waals surface area contributed by atoms with Gasteiger partial charge in [0.25, 0.3) is 11.5 Å². The summed E-state index contributed by atoms with van der Waals surface area (Å²) >= 11 is 6.67. The van der Waals surface area contributed by atoms with Gasteiger partial charge < -0.3 is 14.6 Å². The van der Waals surface area contributed by atoms with Crippen LogP contribution in [-0.4, -0.2) is 59.9 Å². The van der Waals surface area contributed by atoms with Gasteiger partial charge in [0.15, 0.2) is 0 Å². The average molecular weight is 497 g/mol. The lowest BCUT2D eigenvalue weighted by Crippen LogP contribution is -2.35. The molecule has 0 aromatic carbocycles. The number of nitrogens with one attached hydrogen (secondary N) is 1. The molecular weight excluding hydrogens is 472 g/mol. The molecule has 3 aromatic rings. The lowest BCUT2D eigenvalue weighted by molar-refractivity contribution is -0.123. The summed E-state index contributed by atoms with van der Waals surface area (Å²) in [5, 5.41) is 3.29. The van der Waals surface area contributed by atoms with E-state index in [1.54, 1.807) is 41.8 Å². The van der Waals surface area contributed by atoms with Crippen LogP contribution >= 0.6 is 24.0 Å². The summed E-state index contributed by atoms with van der Waals surface area (Å²) in [6.45, 7) is 2.55.